The van der Waals surface area contributed by atoms with Gasteiger partial charge in [0.1, 0.15) is 0 Å². The van der Waals surface area contributed by atoms with Gasteiger partial charge in [-0.25, -0.2) is 0 Å². The third-order valence-corrected chi connectivity index (χ3v) is 5.17. The molecule has 2 heteroatoms. The molecule has 2 nitrogen and oxygen atoms in total. The quantitative estimate of drug-likeness (QED) is 0.864. The summed E-state index contributed by atoms with van der Waals surface area (Å²) >= 11 is 0. The summed E-state index contributed by atoms with van der Waals surface area (Å²) in [4.78, 5) is 2.37. The van der Waals surface area contributed by atoms with Crippen LogP contribution in [-0.2, 0) is 6.42 Å². The van der Waals surface area contributed by atoms with Crippen LogP contribution < -0.4 is 10.6 Å². The van der Waals surface area contributed by atoms with Crippen LogP contribution in [0.1, 0.15) is 39.2 Å². The number of hydrogen-bond acceptors (Lipinski definition) is 2. The minimum absolute atomic E-state index is 0.0563. The number of nitrogens with zero attached hydrogens (tertiary/aromatic N) is 1. The maximum atomic E-state index is 6.09. The van der Waals surface area contributed by atoms with E-state index in [-0.39, 0.29) is 5.54 Å². The van der Waals surface area contributed by atoms with Crippen molar-refractivity contribution in [2.45, 2.75) is 45.6 Å². The van der Waals surface area contributed by atoms with Gasteiger partial charge in [0.05, 0.1) is 5.54 Å². The Morgan fingerprint density at radius 2 is 1.83 bits per heavy atom. The molecule has 1 aliphatic rings. The van der Waals surface area contributed by atoms with Gasteiger partial charge in [-0.1, -0.05) is 26.0 Å². The van der Waals surface area contributed by atoms with Crippen LogP contribution in [0.5, 0.6) is 0 Å². The van der Waals surface area contributed by atoms with Gasteiger partial charge in [0.15, 0.2) is 0 Å². The Morgan fingerprint density at radius 3 is 2.22 bits per heavy atom. The van der Waals surface area contributed by atoms with Crippen molar-refractivity contribution in [3.63, 3.8) is 0 Å². The van der Waals surface area contributed by atoms with Crippen molar-refractivity contribution < 1.29 is 0 Å². The molecule has 1 atom stereocenters. The predicted molar refractivity (Wildman–Crippen MR) is 79.0 cm³/mol. The number of hydrogen-bond donors (Lipinski definition) is 1. The highest BCUT2D eigenvalue weighted by Gasteiger charge is 2.54. The molecule has 0 saturated heterocycles. The van der Waals surface area contributed by atoms with E-state index in [2.05, 4.69) is 57.0 Å². The first kappa shape index (κ1) is 13.4. The van der Waals surface area contributed by atoms with Crippen LogP contribution in [0.25, 0.3) is 0 Å². The molecule has 0 radical (unpaired) electrons. The first-order valence-corrected chi connectivity index (χ1v) is 7.00. The Morgan fingerprint density at radius 1 is 1.28 bits per heavy atom. The van der Waals surface area contributed by atoms with Gasteiger partial charge in [0.25, 0.3) is 0 Å². The van der Waals surface area contributed by atoms with Gasteiger partial charge in [0.2, 0.25) is 0 Å². The van der Waals surface area contributed by atoms with Crippen LogP contribution >= 0.6 is 0 Å². The lowest BCUT2D eigenvalue weighted by molar-refractivity contribution is 0.289. The number of anilines is 1. The van der Waals surface area contributed by atoms with Gasteiger partial charge in [0, 0.05) is 19.3 Å². The Bertz CT molecular complexity index is 406. The fourth-order valence-electron chi connectivity index (χ4n) is 2.75. The number of benzene rings is 1. The van der Waals surface area contributed by atoms with Crippen LogP contribution in [0.3, 0.4) is 0 Å². The molecule has 0 aliphatic heterocycles. The van der Waals surface area contributed by atoms with E-state index in [0.29, 0.717) is 12.0 Å². The maximum Gasteiger partial charge on any atom is 0.0546 e. The highest BCUT2D eigenvalue weighted by molar-refractivity contribution is 5.50. The molecule has 0 amide bonds. The summed E-state index contributed by atoms with van der Waals surface area (Å²) in [5.41, 5.74) is 9.18. The summed E-state index contributed by atoms with van der Waals surface area (Å²) < 4.78 is 0. The third kappa shape index (κ3) is 2.03. The molecule has 18 heavy (non-hydrogen) atoms. The molecule has 0 aromatic heterocycles. The molecule has 0 heterocycles. The summed E-state index contributed by atoms with van der Waals surface area (Å²) in [5.74, 6) is 0. The molecule has 1 aromatic rings. The summed E-state index contributed by atoms with van der Waals surface area (Å²) in [7, 11) is 2.18. The zero-order valence-electron chi connectivity index (χ0n) is 12.2. The zero-order valence-corrected chi connectivity index (χ0v) is 12.2. The molecule has 0 spiro atoms. The van der Waals surface area contributed by atoms with Gasteiger partial charge < -0.3 is 10.6 Å². The highest BCUT2D eigenvalue weighted by Crippen LogP contribution is 2.55. The monoisotopic (exact) mass is 246 g/mol. The summed E-state index contributed by atoms with van der Waals surface area (Å²) in [6.07, 6.45) is 3.67. The third-order valence-electron chi connectivity index (χ3n) is 5.17. The molecule has 100 valence electrons. The van der Waals surface area contributed by atoms with E-state index in [4.69, 9.17) is 5.73 Å². The van der Waals surface area contributed by atoms with Crippen LogP contribution in [0, 0.1) is 5.41 Å². The maximum absolute atomic E-state index is 6.09. The summed E-state index contributed by atoms with van der Waals surface area (Å²) in [6.45, 7) is 7.55. The van der Waals surface area contributed by atoms with E-state index >= 15 is 0 Å². The fourth-order valence-corrected chi connectivity index (χ4v) is 2.75. The second kappa shape index (κ2) is 4.58. The number of likely N-dealkylation sites (N-methyl/N-ethyl adjacent to an activating group) is 1. The van der Waals surface area contributed by atoms with Gasteiger partial charge in [-0.15, -0.1) is 0 Å². The van der Waals surface area contributed by atoms with Crippen molar-refractivity contribution in [2.75, 3.05) is 18.5 Å². The Hall–Kier alpha value is -1.02. The first-order chi connectivity index (χ1) is 8.47. The molecular formula is C16H26N2. The van der Waals surface area contributed by atoms with Gasteiger partial charge in [-0.2, -0.15) is 0 Å². The number of nitrogens with two attached hydrogens (primary N) is 1. The summed E-state index contributed by atoms with van der Waals surface area (Å²) in [5, 5.41) is 0. The van der Waals surface area contributed by atoms with Crippen LogP contribution in [-0.4, -0.2) is 19.1 Å². The van der Waals surface area contributed by atoms with E-state index in [1.54, 1.807) is 0 Å². The molecule has 1 unspecified atom stereocenters. The average molecular weight is 246 g/mol. The van der Waals surface area contributed by atoms with Crippen LogP contribution in [0.15, 0.2) is 24.3 Å². The number of rotatable bonds is 5. The zero-order chi connectivity index (χ0) is 13.4. The van der Waals surface area contributed by atoms with Crippen molar-refractivity contribution in [1.82, 2.24) is 0 Å². The highest BCUT2D eigenvalue weighted by atomic mass is 15.2. The Balaban J connectivity index is 2.25. The van der Waals surface area contributed by atoms with E-state index in [9.17, 15) is 0 Å². The van der Waals surface area contributed by atoms with E-state index in [1.807, 2.05) is 0 Å². The lowest BCUT2D eigenvalue weighted by atomic mass is 9.82. The topological polar surface area (TPSA) is 29.3 Å². The van der Waals surface area contributed by atoms with Crippen LogP contribution in [0.2, 0.25) is 0 Å². The van der Waals surface area contributed by atoms with E-state index in [1.165, 1.54) is 24.1 Å². The Labute approximate surface area is 111 Å². The van der Waals surface area contributed by atoms with Gasteiger partial charge in [-0.05, 0) is 49.3 Å². The molecule has 0 bridgehead atoms. The minimum atomic E-state index is 0.0563. The standard InChI is InChI=1S/C16H26N2/c1-5-13-6-8-14(9-7-13)18(4)16(3,12-17)15(2)10-11-15/h6-9H,5,10-12,17H2,1-4H3. The van der Waals surface area contributed by atoms with E-state index < -0.39 is 0 Å². The molecular weight excluding hydrogens is 220 g/mol. The molecule has 1 aromatic carbocycles. The molecule has 1 fully saturated rings. The number of aryl methyl sites for hydroxylation is 1. The fraction of sp³-hybridized carbons (Fsp3) is 0.625. The summed E-state index contributed by atoms with van der Waals surface area (Å²) in [6, 6.07) is 8.88. The molecule has 2 rings (SSSR count). The van der Waals surface area contributed by atoms with Crippen molar-refractivity contribution in [2.24, 2.45) is 11.1 Å². The second-order valence-corrected chi connectivity index (χ2v) is 6.12. The lowest BCUT2D eigenvalue weighted by Gasteiger charge is -2.45. The van der Waals surface area contributed by atoms with Crippen molar-refractivity contribution in [3.8, 4) is 0 Å². The van der Waals surface area contributed by atoms with Crippen molar-refractivity contribution in [1.29, 1.82) is 0 Å². The minimum Gasteiger partial charge on any atom is -0.367 e. The molecule has 1 saturated carbocycles. The van der Waals surface area contributed by atoms with Crippen molar-refractivity contribution in [3.05, 3.63) is 29.8 Å². The average Bonchev–Trinajstić information content (AvgIpc) is 3.16. The normalized spacial score (nSPS) is 20.3. The van der Waals surface area contributed by atoms with E-state index in [0.717, 1.165) is 6.42 Å². The second-order valence-electron chi connectivity index (χ2n) is 6.12. The Kier molecular flexibility index (Phi) is 3.41. The smallest absolute Gasteiger partial charge is 0.0546 e. The largest absolute Gasteiger partial charge is 0.367 e. The molecule has 1 aliphatic carbocycles. The van der Waals surface area contributed by atoms with Gasteiger partial charge in [-0.3, -0.25) is 0 Å². The SMILES string of the molecule is CCc1ccc(N(C)C(C)(CN)C2(C)CC2)cc1. The first-order valence-electron chi connectivity index (χ1n) is 7.00. The lowest BCUT2D eigenvalue weighted by Crippen LogP contribution is -2.55. The molecule has 2 N–H and O–H groups in total. The van der Waals surface area contributed by atoms with Crippen LogP contribution in [0.4, 0.5) is 5.69 Å². The predicted octanol–water partition coefficient (Wildman–Crippen LogP) is 3.20. The van der Waals surface area contributed by atoms with Gasteiger partial charge >= 0.3 is 0 Å². The van der Waals surface area contributed by atoms with Crippen molar-refractivity contribution >= 4 is 5.69 Å².